The minimum atomic E-state index is -0.420. The van der Waals surface area contributed by atoms with Gasteiger partial charge in [0.1, 0.15) is 5.01 Å². The lowest BCUT2D eigenvalue weighted by molar-refractivity contribution is 0.0941. The van der Waals surface area contributed by atoms with Gasteiger partial charge in [0.2, 0.25) is 0 Å². The minimum absolute atomic E-state index is 0.112. The Hall–Kier alpha value is -1.14. The largest absolute Gasteiger partial charge is 0.391 e. The third-order valence-corrected chi connectivity index (χ3v) is 4.55. The molecule has 3 atom stereocenters. The standard InChI is InChI=1S/C13H21N3O2S/c1-8-7-19-12(14-8)9(2)15-13(18)16-10-5-3-4-6-11(10)17/h7,9-11,17H,3-6H2,1-2H3,(H2,15,16,18). The molecule has 1 saturated carbocycles. The van der Waals surface area contributed by atoms with E-state index in [0.717, 1.165) is 36.4 Å². The van der Waals surface area contributed by atoms with E-state index in [1.54, 1.807) is 11.3 Å². The zero-order valence-corrected chi connectivity index (χ0v) is 12.2. The number of rotatable bonds is 3. The van der Waals surface area contributed by atoms with Crippen LogP contribution < -0.4 is 10.6 Å². The molecule has 106 valence electrons. The maximum Gasteiger partial charge on any atom is 0.315 e. The Morgan fingerprint density at radius 3 is 2.89 bits per heavy atom. The molecule has 0 bridgehead atoms. The molecule has 2 amide bonds. The van der Waals surface area contributed by atoms with Gasteiger partial charge in [0.25, 0.3) is 0 Å². The van der Waals surface area contributed by atoms with Gasteiger partial charge in [-0.05, 0) is 26.7 Å². The second-order valence-corrected chi connectivity index (χ2v) is 6.01. The van der Waals surface area contributed by atoms with Crippen LogP contribution in [0, 0.1) is 6.92 Å². The van der Waals surface area contributed by atoms with Crippen molar-refractivity contribution in [2.24, 2.45) is 0 Å². The van der Waals surface area contributed by atoms with Crippen molar-refractivity contribution in [3.8, 4) is 0 Å². The van der Waals surface area contributed by atoms with Crippen molar-refractivity contribution in [1.29, 1.82) is 0 Å². The maximum absolute atomic E-state index is 11.9. The van der Waals surface area contributed by atoms with Gasteiger partial charge in [-0.25, -0.2) is 9.78 Å². The van der Waals surface area contributed by atoms with Crippen LogP contribution in [0.5, 0.6) is 0 Å². The van der Waals surface area contributed by atoms with Crippen molar-refractivity contribution >= 4 is 17.4 Å². The van der Waals surface area contributed by atoms with Crippen molar-refractivity contribution in [2.75, 3.05) is 0 Å². The second-order valence-electron chi connectivity index (χ2n) is 5.12. The minimum Gasteiger partial charge on any atom is -0.391 e. The first-order valence-electron chi connectivity index (χ1n) is 6.73. The molecule has 1 fully saturated rings. The maximum atomic E-state index is 11.9. The molecule has 1 aromatic heterocycles. The van der Waals surface area contributed by atoms with Crippen LogP contribution in [0.2, 0.25) is 0 Å². The highest BCUT2D eigenvalue weighted by molar-refractivity contribution is 7.09. The number of amides is 2. The molecule has 2 rings (SSSR count). The quantitative estimate of drug-likeness (QED) is 0.795. The van der Waals surface area contributed by atoms with Crippen LogP contribution >= 0.6 is 11.3 Å². The second kappa shape index (κ2) is 6.34. The number of aliphatic hydroxyl groups is 1. The topological polar surface area (TPSA) is 74.2 Å². The van der Waals surface area contributed by atoms with Crippen LogP contribution in [0.1, 0.15) is 49.4 Å². The Bertz CT molecular complexity index is 435. The van der Waals surface area contributed by atoms with Gasteiger partial charge in [-0.2, -0.15) is 0 Å². The van der Waals surface area contributed by atoms with Crippen molar-refractivity contribution < 1.29 is 9.90 Å². The fraction of sp³-hybridized carbons (Fsp3) is 0.692. The molecule has 6 heteroatoms. The summed E-state index contributed by atoms with van der Waals surface area (Å²) in [4.78, 5) is 16.2. The summed E-state index contributed by atoms with van der Waals surface area (Å²) < 4.78 is 0. The molecule has 5 nitrogen and oxygen atoms in total. The Labute approximate surface area is 117 Å². The number of thiazole rings is 1. The van der Waals surface area contributed by atoms with Crippen molar-refractivity contribution in [1.82, 2.24) is 15.6 Å². The van der Waals surface area contributed by atoms with Gasteiger partial charge in [0.05, 0.1) is 18.2 Å². The van der Waals surface area contributed by atoms with Gasteiger partial charge >= 0.3 is 6.03 Å². The first-order valence-corrected chi connectivity index (χ1v) is 7.61. The van der Waals surface area contributed by atoms with Crippen molar-refractivity contribution in [3.05, 3.63) is 16.1 Å². The highest BCUT2D eigenvalue weighted by Gasteiger charge is 2.25. The molecular formula is C13H21N3O2S. The average Bonchev–Trinajstić information content (AvgIpc) is 2.79. The fourth-order valence-electron chi connectivity index (χ4n) is 2.32. The first-order chi connectivity index (χ1) is 9.06. The third kappa shape index (κ3) is 3.91. The van der Waals surface area contributed by atoms with Gasteiger partial charge in [-0.1, -0.05) is 12.8 Å². The number of aliphatic hydroxyl groups excluding tert-OH is 1. The summed E-state index contributed by atoms with van der Waals surface area (Å²) in [6.07, 6.45) is 3.29. The summed E-state index contributed by atoms with van der Waals surface area (Å²) in [6.45, 7) is 3.85. The summed E-state index contributed by atoms with van der Waals surface area (Å²) in [5, 5.41) is 18.4. The molecular weight excluding hydrogens is 262 g/mol. The number of urea groups is 1. The molecule has 0 aromatic carbocycles. The van der Waals surface area contributed by atoms with E-state index in [0.29, 0.717) is 0 Å². The highest BCUT2D eigenvalue weighted by Crippen LogP contribution is 2.19. The molecule has 1 heterocycles. The van der Waals surface area contributed by atoms with E-state index < -0.39 is 6.10 Å². The molecule has 0 spiro atoms. The van der Waals surface area contributed by atoms with Gasteiger partial charge in [0.15, 0.2) is 0 Å². The van der Waals surface area contributed by atoms with Gasteiger partial charge in [-0.3, -0.25) is 0 Å². The highest BCUT2D eigenvalue weighted by atomic mass is 32.1. The Morgan fingerprint density at radius 2 is 2.26 bits per heavy atom. The third-order valence-electron chi connectivity index (χ3n) is 3.40. The zero-order chi connectivity index (χ0) is 13.8. The lowest BCUT2D eigenvalue weighted by atomic mass is 9.93. The van der Waals surface area contributed by atoms with E-state index in [9.17, 15) is 9.90 Å². The van der Waals surface area contributed by atoms with Crippen molar-refractivity contribution in [2.45, 2.75) is 57.7 Å². The van der Waals surface area contributed by atoms with Crippen LogP contribution in [0.3, 0.4) is 0 Å². The number of nitrogens with one attached hydrogen (secondary N) is 2. The monoisotopic (exact) mass is 283 g/mol. The number of nitrogens with zero attached hydrogens (tertiary/aromatic N) is 1. The van der Waals surface area contributed by atoms with Crippen LogP contribution in [0.25, 0.3) is 0 Å². The van der Waals surface area contributed by atoms with E-state index in [-0.39, 0.29) is 18.1 Å². The SMILES string of the molecule is Cc1csc(C(C)NC(=O)NC2CCCCC2O)n1. The summed E-state index contributed by atoms with van der Waals surface area (Å²) in [6, 6.07) is -0.468. The Kier molecular flexibility index (Phi) is 4.76. The summed E-state index contributed by atoms with van der Waals surface area (Å²) >= 11 is 1.54. The van der Waals surface area contributed by atoms with Crippen LogP contribution in [0.4, 0.5) is 4.79 Å². The van der Waals surface area contributed by atoms with E-state index in [1.807, 2.05) is 19.2 Å². The van der Waals surface area contributed by atoms with E-state index in [2.05, 4.69) is 15.6 Å². The molecule has 1 aliphatic carbocycles. The smallest absolute Gasteiger partial charge is 0.315 e. The van der Waals surface area contributed by atoms with Gasteiger partial charge < -0.3 is 15.7 Å². The van der Waals surface area contributed by atoms with E-state index in [1.165, 1.54) is 0 Å². The normalized spacial score (nSPS) is 24.8. The molecule has 1 aromatic rings. The number of aryl methyl sites for hydroxylation is 1. The van der Waals surface area contributed by atoms with Gasteiger partial charge in [0, 0.05) is 11.1 Å². The molecule has 0 aliphatic heterocycles. The van der Waals surface area contributed by atoms with E-state index in [4.69, 9.17) is 0 Å². The number of aromatic nitrogens is 1. The van der Waals surface area contributed by atoms with Crippen LogP contribution in [-0.4, -0.2) is 28.3 Å². The average molecular weight is 283 g/mol. The van der Waals surface area contributed by atoms with Crippen LogP contribution in [-0.2, 0) is 0 Å². The number of hydrogen-bond donors (Lipinski definition) is 3. The van der Waals surface area contributed by atoms with Gasteiger partial charge in [-0.15, -0.1) is 11.3 Å². The lowest BCUT2D eigenvalue weighted by Gasteiger charge is -2.28. The molecule has 1 aliphatic rings. The predicted molar refractivity (Wildman–Crippen MR) is 75.2 cm³/mol. The first kappa shape index (κ1) is 14.3. The number of hydrogen-bond acceptors (Lipinski definition) is 4. The number of carbonyl (C=O) groups excluding carboxylic acids is 1. The lowest BCUT2D eigenvalue weighted by Crippen LogP contribution is -2.49. The summed E-state index contributed by atoms with van der Waals surface area (Å²) in [7, 11) is 0. The summed E-state index contributed by atoms with van der Waals surface area (Å²) in [5.41, 5.74) is 0.969. The Balaban J connectivity index is 1.83. The fourth-order valence-corrected chi connectivity index (χ4v) is 3.12. The molecule has 0 radical (unpaired) electrons. The predicted octanol–water partition coefficient (Wildman–Crippen LogP) is 2.12. The Morgan fingerprint density at radius 1 is 1.53 bits per heavy atom. The van der Waals surface area contributed by atoms with E-state index >= 15 is 0 Å². The van der Waals surface area contributed by atoms with Crippen LogP contribution in [0.15, 0.2) is 5.38 Å². The number of carbonyl (C=O) groups is 1. The zero-order valence-electron chi connectivity index (χ0n) is 11.3. The molecule has 3 N–H and O–H groups in total. The molecule has 19 heavy (non-hydrogen) atoms. The molecule has 0 saturated heterocycles. The molecule has 3 unspecified atom stereocenters. The summed E-state index contributed by atoms with van der Waals surface area (Å²) in [5.74, 6) is 0. The van der Waals surface area contributed by atoms with Crippen molar-refractivity contribution in [3.63, 3.8) is 0 Å².